The molecule has 0 unspecified atom stereocenters. The summed E-state index contributed by atoms with van der Waals surface area (Å²) in [5.74, 6) is -2.78. The minimum atomic E-state index is -0.657. The summed E-state index contributed by atoms with van der Waals surface area (Å²) in [6.07, 6.45) is 5.13. The Kier molecular flexibility index (Phi) is 8.64. The van der Waals surface area contributed by atoms with E-state index in [0.717, 1.165) is 40.9 Å². The van der Waals surface area contributed by atoms with Crippen LogP contribution in [0.25, 0.3) is 6.08 Å². The van der Waals surface area contributed by atoms with Gasteiger partial charge in [0.15, 0.2) is 11.6 Å². The number of hydrogen-bond acceptors (Lipinski definition) is 6. The second kappa shape index (κ2) is 12.8. The molecule has 2 fully saturated rings. The molecule has 2 heterocycles. The minimum Gasteiger partial charge on any atom is -0.505 e. The number of nitrogens with one attached hydrogen (secondary N) is 1. The Hall–Kier alpha value is -4.27. The Labute approximate surface area is 256 Å². The number of aliphatic hydroxyl groups excluding tert-OH is 1. The van der Waals surface area contributed by atoms with E-state index in [1.54, 1.807) is 18.2 Å². The van der Waals surface area contributed by atoms with E-state index in [-0.39, 0.29) is 36.2 Å². The molecule has 0 bridgehead atoms. The van der Waals surface area contributed by atoms with Gasteiger partial charge in [-0.1, -0.05) is 49.3 Å². The van der Waals surface area contributed by atoms with Crippen molar-refractivity contribution in [3.8, 4) is 5.75 Å². The number of hydrogen-bond donors (Lipinski definition) is 3. The van der Waals surface area contributed by atoms with E-state index in [2.05, 4.69) is 12.2 Å². The second-order valence-electron chi connectivity index (χ2n) is 11.8. The van der Waals surface area contributed by atoms with Crippen LogP contribution in [0.1, 0.15) is 44.6 Å². The fourth-order valence-corrected chi connectivity index (χ4v) is 7.01. The highest BCUT2D eigenvalue weighted by molar-refractivity contribution is 6.22. The topological polar surface area (TPSA) is 99.1 Å². The molecule has 2 amide bonds. The maximum Gasteiger partial charge on any atom is 0.238 e. The van der Waals surface area contributed by atoms with E-state index in [1.807, 2.05) is 48.5 Å². The summed E-state index contributed by atoms with van der Waals surface area (Å²) in [5, 5.41) is 23.2. The van der Waals surface area contributed by atoms with Gasteiger partial charge in [-0.15, -0.1) is 0 Å². The van der Waals surface area contributed by atoms with Gasteiger partial charge in [-0.25, -0.2) is 4.39 Å². The SMILES string of the molecule is CCC/C(=C\c1ccc(O)c(F)c1)CC[C@H]1OC[C@H]2C1=C(CO)C[C@H]1C(=O)N(c3ccc(Nc4ccccc4)cc3)C(=O)[C@H]12. The molecule has 44 heavy (non-hydrogen) atoms. The van der Waals surface area contributed by atoms with Crippen LogP contribution in [0.2, 0.25) is 0 Å². The number of fused-ring (bicyclic) bond motifs is 3. The number of aromatic hydroxyl groups is 1. The van der Waals surface area contributed by atoms with Gasteiger partial charge >= 0.3 is 0 Å². The highest BCUT2D eigenvalue weighted by atomic mass is 19.1. The van der Waals surface area contributed by atoms with E-state index in [4.69, 9.17) is 4.74 Å². The Morgan fingerprint density at radius 1 is 1.00 bits per heavy atom. The van der Waals surface area contributed by atoms with Crippen LogP contribution in [0.4, 0.5) is 21.5 Å². The molecule has 3 aromatic carbocycles. The molecule has 6 rings (SSSR count). The van der Waals surface area contributed by atoms with Gasteiger partial charge < -0.3 is 20.3 Å². The fraction of sp³-hybridized carbons (Fsp3) is 0.333. The summed E-state index contributed by atoms with van der Waals surface area (Å²) >= 11 is 0. The first kappa shape index (κ1) is 29.8. The number of rotatable bonds is 10. The van der Waals surface area contributed by atoms with Crippen molar-refractivity contribution in [1.29, 1.82) is 0 Å². The predicted molar refractivity (Wildman–Crippen MR) is 168 cm³/mol. The van der Waals surface area contributed by atoms with E-state index < -0.39 is 17.7 Å². The summed E-state index contributed by atoms with van der Waals surface area (Å²) in [7, 11) is 0. The number of benzene rings is 3. The number of para-hydroxylation sites is 1. The summed E-state index contributed by atoms with van der Waals surface area (Å²) in [4.78, 5) is 28.8. The third-order valence-corrected chi connectivity index (χ3v) is 9.03. The Morgan fingerprint density at radius 2 is 1.75 bits per heavy atom. The maximum atomic E-state index is 13.9. The van der Waals surface area contributed by atoms with Gasteiger partial charge in [0.2, 0.25) is 11.8 Å². The average Bonchev–Trinajstić information content (AvgIpc) is 3.56. The van der Waals surface area contributed by atoms with E-state index >= 15 is 0 Å². The van der Waals surface area contributed by atoms with Gasteiger partial charge in [0.1, 0.15) is 0 Å². The number of phenolic OH excluding ortho intramolecular Hbond substituents is 1. The van der Waals surface area contributed by atoms with E-state index in [1.165, 1.54) is 17.0 Å². The normalized spacial score (nSPS) is 23.2. The number of nitrogens with zero attached hydrogens (tertiary/aromatic N) is 1. The first-order valence-electron chi connectivity index (χ1n) is 15.3. The van der Waals surface area contributed by atoms with Gasteiger partial charge in [0, 0.05) is 17.3 Å². The molecule has 0 saturated carbocycles. The zero-order chi connectivity index (χ0) is 30.8. The van der Waals surface area contributed by atoms with Crippen molar-refractivity contribution in [3.63, 3.8) is 0 Å². The zero-order valence-electron chi connectivity index (χ0n) is 24.7. The van der Waals surface area contributed by atoms with Gasteiger partial charge in [-0.05, 0) is 90.9 Å². The zero-order valence-corrected chi connectivity index (χ0v) is 24.7. The number of ether oxygens (including phenoxy) is 1. The summed E-state index contributed by atoms with van der Waals surface area (Å²) in [6.45, 7) is 2.23. The minimum absolute atomic E-state index is 0.180. The molecule has 3 N–H and O–H groups in total. The van der Waals surface area contributed by atoms with E-state index in [0.29, 0.717) is 37.1 Å². The third kappa shape index (κ3) is 5.79. The predicted octanol–water partition coefficient (Wildman–Crippen LogP) is 6.75. The van der Waals surface area contributed by atoms with Gasteiger partial charge in [0.05, 0.1) is 36.8 Å². The lowest BCUT2D eigenvalue weighted by Crippen LogP contribution is -2.35. The monoisotopic (exact) mass is 596 g/mol. The van der Waals surface area contributed by atoms with Gasteiger partial charge in [-0.2, -0.15) is 0 Å². The number of amides is 2. The van der Waals surface area contributed by atoms with Crippen LogP contribution < -0.4 is 10.2 Å². The average molecular weight is 597 g/mol. The van der Waals surface area contributed by atoms with Crippen LogP contribution in [0.3, 0.4) is 0 Å². The summed E-state index contributed by atoms with van der Waals surface area (Å²) < 4.78 is 20.2. The standard InChI is InChI=1S/C36H37FN2O5/c1-2-6-22(17-23-9-15-31(41)30(37)18-23)10-16-32-33-24(20-40)19-28-34(29(33)21-44-32)36(43)39(35(28)42)27-13-11-26(12-14-27)38-25-7-4-3-5-8-25/h3-5,7-9,11-15,17-18,28-29,32,34,38,40-41H,2,6,10,16,19-21H2,1H3/b22-17+/t28-,29+,32-,34-/m1/s1. The molecule has 0 aromatic heterocycles. The number of allylic oxidation sites excluding steroid dienone is 1. The molecule has 228 valence electrons. The number of imide groups is 1. The molecule has 1 aliphatic carbocycles. The lowest BCUT2D eigenvalue weighted by atomic mass is 9.69. The van der Waals surface area contributed by atoms with Crippen molar-refractivity contribution in [2.24, 2.45) is 17.8 Å². The first-order chi connectivity index (χ1) is 21.4. The van der Waals surface area contributed by atoms with Crippen molar-refractivity contribution in [2.45, 2.75) is 45.1 Å². The van der Waals surface area contributed by atoms with Crippen LogP contribution in [-0.4, -0.2) is 41.3 Å². The number of carbonyl (C=O) groups is 2. The van der Waals surface area contributed by atoms with Crippen molar-refractivity contribution >= 4 is 35.0 Å². The van der Waals surface area contributed by atoms with Crippen molar-refractivity contribution in [3.05, 3.63) is 101 Å². The number of aliphatic hydroxyl groups is 1. The molecule has 4 atom stereocenters. The number of halogens is 1. The molecule has 3 aliphatic rings. The molecular weight excluding hydrogens is 559 g/mol. The lowest BCUT2D eigenvalue weighted by Gasteiger charge is -2.31. The highest BCUT2D eigenvalue weighted by Gasteiger charge is 2.57. The van der Waals surface area contributed by atoms with Crippen LogP contribution in [0.15, 0.2) is 89.5 Å². The molecule has 7 nitrogen and oxygen atoms in total. The largest absolute Gasteiger partial charge is 0.505 e. The Bertz CT molecular complexity index is 1600. The fourth-order valence-electron chi connectivity index (χ4n) is 7.01. The van der Waals surface area contributed by atoms with Crippen molar-refractivity contribution < 1.29 is 28.9 Å². The number of phenols is 1. The quantitative estimate of drug-likeness (QED) is 0.177. The van der Waals surface area contributed by atoms with Gasteiger partial charge in [-0.3, -0.25) is 14.5 Å². The highest BCUT2D eigenvalue weighted by Crippen LogP contribution is 2.50. The van der Waals surface area contributed by atoms with E-state index in [9.17, 15) is 24.2 Å². The van der Waals surface area contributed by atoms with Crippen molar-refractivity contribution in [2.75, 3.05) is 23.4 Å². The molecule has 2 aliphatic heterocycles. The molecule has 3 aromatic rings. The van der Waals surface area contributed by atoms with Crippen LogP contribution in [-0.2, 0) is 14.3 Å². The molecule has 0 spiro atoms. The summed E-state index contributed by atoms with van der Waals surface area (Å²) in [5.41, 5.74) is 5.91. The van der Waals surface area contributed by atoms with Crippen LogP contribution in [0.5, 0.6) is 5.75 Å². The number of carbonyl (C=O) groups excluding carboxylic acids is 2. The smallest absolute Gasteiger partial charge is 0.238 e. The number of anilines is 3. The lowest BCUT2D eigenvalue weighted by molar-refractivity contribution is -0.122. The molecular formula is C36H37FN2O5. The molecule has 0 radical (unpaired) electrons. The molecule has 8 heteroatoms. The Morgan fingerprint density at radius 3 is 2.45 bits per heavy atom. The van der Waals surface area contributed by atoms with Crippen LogP contribution in [0, 0.1) is 23.6 Å². The maximum absolute atomic E-state index is 13.9. The summed E-state index contributed by atoms with van der Waals surface area (Å²) in [6, 6.07) is 21.4. The Balaban J connectivity index is 1.18. The first-order valence-corrected chi connectivity index (χ1v) is 15.3. The van der Waals surface area contributed by atoms with Crippen LogP contribution >= 0.6 is 0 Å². The second-order valence-corrected chi connectivity index (χ2v) is 11.8. The van der Waals surface area contributed by atoms with Crippen molar-refractivity contribution in [1.82, 2.24) is 0 Å². The molecule has 2 saturated heterocycles. The third-order valence-electron chi connectivity index (χ3n) is 9.03. The van der Waals surface area contributed by atoms with Gasteiger partial charge in [0.25, 0.3) is 0 Å².